The fourth-order valence-corrected chi connectivity index (χ4v) is 3.93. The Bertz CT molecular complexity index is 855. The summed E-state index contributed by atoms with van der Waals surface area (Å²) in [5.41, 5.74) is 2.46. The van der Waals surface area contributed by atoms with Gasteiger partial charge in [0.1, 0.15) is 18.5 Å². The van der Waals surface area contributed by atoms with Crippen LogP contribution in [0.15, 0.2) is 59.1 Å². The molecule has 4 rings (SSSR count). The molecule has 28 heavy (non-hydrogen) atoms. The second-order valence-electron chi connectivity index (χ2n) is 7.38. The van der Waals surface area contributed by atoms with Gasteiger partial charge < -0.3 is 14.8 Å². The molecule has 6 heteroatoms. The Labute approximate surface area is 174 Å². The lowest BCUT2D eigenvalue weighted by atomic mass is 10.2. The summed E-state index contributed by atoms with van der Waals surface area (Å²) in [7, 11) is 0. The molecular weight excluding hydrogens is 418 g/mol. The summed E-state index contributed by atoms with van der Waals surface area (Å²) >= 11 is 3.41. The molecule has 1 aliphatic heterocycles. The number of para-hydroxylation sites is 1. The van der Waals surface area contributed by atoms with E-state index in [2.05, 4.69) is 61.0 Å². The summed E-state index contributed by atoms with van der Waals surface area (Å²) in [5.74, 6) is 0.783. The van der Waals surface area contributed by atoms with E-state index < -0.39 is 6.10 Å². The lowest BCUT2D eigenvalue weighted by molar-refractivity contribution is 0.0444. The average Bonchev–Trinajstić information content (AvgIpc) is 3.11. The van der Waals surface area contributed by atoms with Crippen LogP contribution in [0, 0.1) is 0 Å². The summed E-state index contributed by atoms with van der Waals surface area (Å²) in [6.07, 6.45) is -0.482. The van der Waals surface area contributed by atoms with Gasteiger partial charge in [0.25, 0.3) is 0 Å². The summed E-state index contributed by atoms with van der Waals surface area (Å²) in [5, 5.41) is 11.6. The molecule has 0 bridgehead atoms. The minimum atomic E-state index is -0.482. The summed E-state index contributed by atoms with van der Waals surface area (Å²) in [4.78, 5) is 8.29. The van der Waals surface area contributed by atoms with Crippen LogP contribution < -0.4 is 4.74 Å². The molecule has 1 saturated heterocycles. The molecule has 2 heterocycles. The maximum Gasteiger partial charge on any atom is 0.119 e. The fourth-order valence-electron chi connectivity index (χ4n) is 3.66. The highest BCUT2D eigenvalue weighted by molar-refractivity contribution is 9.10. The molecule has 1 aromatic heterocycles. The lowest BCUT2D eigenvalue weighted by Crippen LogP contribution is -2.48. The first-order valence-electron chi connectivity index (χ1n) is 9.73. The number of rotatable bonds is 7. The largest absolute Gasteiger partial charge is 0.491 e. The number of aromatic nitrogens is 1. The number of ether oxygens (including phenoxy) is 1. The van der Waals surface area contributed by atoms with Crippen LogP contribution in [0.2, 0.25) is 0 Å². The molecule has 2 N–H and O–H groups in total. The zero-order chi connectivity index (χ0) is 19.3. The molecule has 0 saturated carbocycles. The van der Waals surface area contributed by atoms with Crippen molar-refractivity contribution in [2.75, 3.05) is 39.3 Å². The van der Waals surface area contributed by atoms with Gasteiger partial charge in [-0.3, -0.25) is 9.80 Å². The molecule has 5 nitrogen and oxygen atoms in total. The quantitative estimate of drug-likeness (QED) is 0.586. The van der Waals surface area contributed by atoms with E-state index in [1.54, 1.807) is 0 Å². The van der Waals surface area contributed by atoms with Gasteiger partial charge >= 0.3 is 0 Å². The van der Waals surface area contributed by atoms with Gasteiger partial charge in [-0.15, -0.1) is 0 Å². The van der Waals surface area contributed by atoms with Crippen molar-refractivity contribution in [1.82, 2.24) is 14.8 Å². The van der Waals surface area contributed by atoms with E-state index in [0.717, 1.165) is 42.9 Å². The zero-order valence-electron chi connectivity index (χ0n) is 15.9. The Morgan fingerprint density at radius 2 is 1.71 bits per heavy atom. The van der Waals surface area contributed by atoms with Crippen LogP contribution in [0.1, 0.15) is 5.69 Å². The van der Waals surface area contributed by atoms with Crippen LogP contribution in [-0.4, -0.2) is 65.3 Å². The van der Waals surface area contributed by atoms with Crippen molar-refractivity contribution < 1.29 is 9.84 Å². The molecule has 0 radical (unpaired) electrons. The van der Waals surface area contributed by atoms with Crippen molar-refractivity contribution >= 4 is 26.8 Å². The fraction of sp³-hybridized carbons (Fsp3) is 0.364. The number of halogens is 1. The number of aliphatic hydroxyl groups is 1. The summed E-state index contributed by atoms with van der Waals surface area (Å²) in [6.45, 7) is 5.86. The number of benzene rings is 2. The van der Waals surface area contributed by atoms with Crippen molar-refractivity contribution in [3.05, 3.63) is 64.8 Å². The van der Waals surface area contributed by atoms with Gasteiger partial charge in [-0.1, -0.05) is 34.1 Å². The lowest BCUT2D eigenvalue weighted by Gasteiger charge is -2.35. The Morgan fingerprint density at radius 1 is 1.00 bits per heavy atom. The third-order valence-electron chi connectivity index (χ3n) is 5.17. The number of nitrogens with one attached hydrogen (secondary N) is 1. The van der Waals surface area contributed by atoms with E-state index >= 15 is 0 Å². The Balaban J connectivity index is 1.20. The van der Waals surface area contributed by atoms with Gasteiger partial charge in [0, 0.05) is 55.0 Å². The number of aliphatic hydroxyl groups excluding tert-OH is 1. The first-order chi connectivity index (χ1) is 13.7. The molecule has 0 aliphatic carbocycles. The SMILES string of the molecule is OC(COc1ccc(Br)cc1)CN1CCN(Cc2cc3ccccc3[nH]2)CC1. The number of aromatic amines is 1. The van der Waals surface area contributed by atoms with E-state index in [-0.39, 0.29) is 0 Å². The van der Waals surface area contributed by atoms with Gasteiger partial charge in [0.15, 0.2) is 0 Å². The minimum absolute atomic E-state index is 0.316. The molecule has 2 aromatic carbocycles. The first kappa shape index (κ1) is 19.5. The Morgan fingerprint density at radius 3 is 2.46 bits per heavy atom. The van der Waals surface area contributed by atoms with Crippen LogP contribution in [0.4, 0.5) is 0 Å². The van der Waals surface area contributed by atoms with Crippen LogP contribution in [0.25, 0.3) is 10.9 Å². The minimum Gasteiger partial charge on any atom is -0.491 e. The number of β-amino-alcohol motifs (C(OH)–C–C–N with tert-alkyl or cyclic N) is 1. The van der Waals surface area contributed by atoms with Crippen LogP contribution >= 0.6 is 15.9 Å². The molecule has 1 aliphatic rings. The first-order valence-corrected chi connectivity index (χ1v) is 10.5. The zero-order valence-corrected chi connectivity index (χ0v) is 17.4. The van der Waals surface area contributed by atoms with Crippen molar-refractivity contribution in [2.24, 2.45) is 0 Å². The summed E-state index contributed by atoms with van der Waals surface area (Å²) in [6, 6.07) is 18.3. The van der Waals surface area contributed by atoms with E-state index in [0.29, 0.717) is 13.2 Å². The average molecular weight is 444 g/mol. The predicted molar refractivity (Wildman–Crippen MR) is 116 cm³/mol. The van der Waals surface area contributed by atoms with Crippen molar-refractivity contribution in [1.29, 1.82) is 0 Å². The van der Waals surface area contributed by atoms with Crippen LogP contribution in [0.3, 0.4) is 0 Å². The van der Waals surface area contributed by atoms with Crippen molar-refractivity contribution in [3.63, 3.8) is 0 Å². The van der Waals surface area contributed by atoms with Gasteiger partial charge in [-0.2, -0.15) is 0 Å². The van der Waals surface area contributed by atoms with Gasteiger partial charge in [-0.05, 0) is 41.8 Å². The Kier molecular flexibility index (Phi) is 6.32. The predicted octanol–water partition coefficient (Wildman–Crippen LogP) is 3.49. The van der Waals surface area contributed by atoms with E-state index in [4.69, 9.17) is 4.74 Å². The van der Waals surface area contributed by atoms with E-state index in [9.17, 15) is 5.11 Å². The number of fused-ring (bicyclic) bond motifs is 1. The second kappa shape index (κ2) is 9.09. The molecule has 1 unspecified atom stereocenters. The van der Waals surface area contributed by atoms with E-state index in [1.165, 1.54) is 16.6 Å². The molecule has 1 atom stereocenters. The number of hydrogen-bond donors (Lipinski definition) is 2. The smallest absolute Gasteiger partial charge is 0.119 e. The molecule has 0 spiro atoms. The standard InChI is InChI=1S/C22H26BrN3O2/c23-18-5-7-21(8-6-18)28-16-20(27)15-26-11-9-25(10-12-26)14-19-13-17-3-1-2-4-22(17)24-19/h1-8,13,20,24,27H,9-12,14-16H2. The highest BCUT2D eigenvalue weighted by Gasteiger charge is 2.20. The monoisotopic (exact) mass is 443 g/mol. The number of hydrogen-bond acceptors (Lipinski definition) is 4. The van der Waals surface area contributed by atoms with Crippen LogP contribution in [0.5, 0.6) is 5.75 Å². The Hall–Kier alpha value is -1.86. The van der Waals surface area contributed by atoms with Crippen molar-refractivity contribution in [3.8, 4) is 5.75 Å². The topological polar surface area (TPSA) is 51.7 Å². The molecule has 1 fully saturated rings. The maximum atomic E-state index is 10.3. The third-order valence-corrected chi connectivity index (χ3v) is 5.70. The van der Waals surface area contributed by atoms with Gasteiger partial charge in [0.2, 0.25) is 0 Å². The summed E-state index contributed by atoms with van der Waals surface area (Å²) < 4.78 is 6.70. The van der Waals surface area contributed by atoms with Crippen molar-refractivity contribution in [2.45, 2.75) is 12.6 Å². The van der Waals surface area contributed by atoms with Gasteiger partial charge in [-0.25, -0.2) is 0 Å². The molecular formula is C22H26BrN3O2. The number of piperazine rings is 1. The molecule has 3 aromatic rings. The third kappa shape index (κ3) is 5.14. The number of H-pyrrole nitrogens is 1. The highest BCUT2D eigenvalue weighted by Crippen LogP contribution is 2.18. The second-order valence-corrected chi connectivity index (χ2v) is 8.29. The molecule has 148 valence electrons. The maximum absolute atomic E-state index is 10.3. The van der Waals surface area contributed by atoms with Crippen LogP contribution in [-0.2, 0) is 6.54 Å². The van der Waals surface area contributed by atoms with Gasteiger partial charge in [0.05, 0.1) is 0 Å². The normalized spacial score (nSPS) is 17.1. The number of nitrogens with zero attached hydrogens (tertiary/aromatic N) is 2. The molecule has 0 amide bonds. The van der Waals surface area contributed by atoms with E-state index in [1.807, 2.05) is 24.3 Å². The highest BCUT2D eigenvalue weighted by atomic mass is 79.9.